The van der Waals surface area contributed by atoms with Crippen LogP contribution in [-0.2, 0) is 4.74 Å². The second kappa shape index (κ2) is 4.00. The number of ether oxygens (including phenoxy) is 2. The Morgan fingerprint density at radius 2 is 2.36 bits per heavy atom. The van der Waals surface area contributed by atoms with Gasteiger partial charge in [-0.1, -0.05) is 0 Å². The van der Waals surface area contributed by atoms with Crippen LogP contribution in [0.5, 0.6) is 5.75 Å². The molecule has 0 unspecified atom stereocenters. The van der Waals surface area contributed by atoms with Crippen molar-refractivity contribution in [1.29, 1.82) is 0 Å². The molecule has 0 N–H and O–H groups in total. The zero-order valence-corrected chi connectivity index (χ0v) is 9.37. The highest BCUT2D eigenvalue weighted by Gasteiger charge is 2.11. The molecule has 1 aromatic rings. The Morgan fingerprint density at radius 1 is 1.50 bits per heavy atom. The average molecular weight is 256 g/mol. The van der Waals surface area contributed by atoms with Crippen molar-refractivity contribution in [3.8, 4) is 5.75 Å². The van der Waals surface area contributed by atoms with Crippen LogP contribution in [0.4, 0.5) is 0 Å². The number of methoxy groups -OCH3 is 1. The predicted molar refractivity (Wildman–Crippen MR) is 58.1 cm³/mol. The third-order valence-electron chi connectivity index (χ3n) is 1.98. The third-order valence-corrected chi connectivity index (χ3v) is 2.64. The summed E-state index contributed by atoms with van der Waals surface area (Å²) in [7, 11) is 1.64. The molecular formula is C10H10BrNO2. The second-order valence-corrected chi connectivity index (χ2v) is 3.74. The van der Waals surface area contributed by atoms with E-state index in [9.17, 15) is 0 Å². The summed E-state index contributed by atoms with van der Waals surface area (Å²) in [6.45, 7) is 1.42. The van der Waals surface area contributed by atoms with Crippen LogP contribution in [-0.4, -0.2) is 26.2 Å². The molecule has 0 radical (unpaired) electrons. The zero-order chi connectivity index (χ0) is 9.97. The topological polar surface area (TPSA) is 30.8 Å². The Hall–Kier alpha value is -1.03. The van der Waals surface area contributed by atoms with E-state index >= 15 is 0 Å². The van der Waals surface area contributed by atoms with Crippen LogP contribution in [0.25, 0.3) is 0 Å². The Morgan fingerprint density at radius 3 is 3.00 bits per heavy atom. The maximum Gasteiger partial charge on any atom is 0.216 e. The van der Waals surface area contributed by atoms with Crippen molar-refractivity contribution in [3.63, 3.8) is 0 Å². The number of rotatable bonds is 2. The Balaban J connectivity index is 2.35. The number of nitrogens with zero attached hydrogens (tertiary/aromatic N) is 1. The highest BCUT2D eigenvalue weighted by Crippen LogP contribution is 2.26. The van der Waals surface area contributed by atoms with E-state index in [2.05, 4.69) is 20.9 Å². The number of aliphatic imine (C=N–C) groups is 1. The van der Waals surface area contributed by atoms with Crippen LogP contribution in [0.2, 0.25) is 0 Å². The van der Waals surface area contributed by atoms with Gasteiger partial charge in [0.15, 0.2) is 0 Å². The summed E-state index contributed by atoms with van der Waals surface area (Å²) >= 11 is 3.39. The van der Waals surface area contributed by atoms with Crippen molar-refractivity contribution in [2.24, 2.45) is 4.99 Å². The number of hydrogen-bond acceptors (Lipinski definition) is 3. The monoisotopic (exact) mass is 255 g/mol. The van der Waals surface area contributed by atoms with E-state index in [1.165, 1.54) is 0 Å². The quantitative estimate of drug-likeness (QED) is 0.812. The van der Waals surface area contributed by atoms with Crippen LogP contribution >= 0.6 is 15.9 Å². The lowest BCUT2D eigenvalue weighted by Crippen LogP contribution is -2.01. The minimum absolute atomic E-state index is 0.674. The highest BCUT2D eigenvalue weighted by molar-refractivity contribution is 9.10. The minimum atomic E-state index is 0.674. The van der Waals surface area contributed by atoms with Crippen molar-refractivity contribution < 1.29 is 9.47 Å². The summed E-state index contributed by atoms with van der Waals surface area (Å²) in [5.41, 5.74) is 0.961. The van der Waals surface area contributed by atoms with Crippen molar-refractivity contribution in [1.82, 2.24) is 0 Å². The molecule has 4 heteroatoms. The molecule has 14 heavy (non-hydrogen) atoms. The van der Waals surface area contributed by atoms with E-state index in [0.717, 1.165) is 22.3 Å². The first-order chi connectivity index (χ1) is 6.81. The molecule has 0 bridgehead atoms. The molecule has 0 aliphatic carbocycles. The molecule has 74 valence electrons. The van der Waals surface area contributed by atoms with Gasteiger partial charge in [-0.2, -0.15) is 0 Å². The van der Waals surface area contributed by atoms with Gasteiger partial charge in [0.1, 0.15) is 12.4 Å². The van der Waals surface area contributed by atoms with Crippen molar-refractivity contribution >= 4 is 21.8 Å². The molecular weight excluding hydrogens is 246 g/mol. The molecule has 0 aromatic heterocycles. The predicted octanol–water partition coefficient (Wildman–Crippen LogP) is 2.23. The fourth-order valence-corrected chi connectivity index (χ4v) is 1.71. The smallest absolute Gasteiger partial charge is 0.216 e. The van der Waals surface area contributed by atoms with Gasteiger partial charge in [0.05, 0.1) is 18.1 Å². The van der Waals surface area contributed by atoms with E-state index in [0.29, 0.717) is 12.5 Å². The van der Waals surface area contributed by atoms with Gasteiger partial charge in [-0.3, -0.25) is 0 Å². The third kappa shape index (κ3) is 1.75. The van der Waals surface area contributed by atoms with Crippen LogP contribution in [0.15, 0.2) is 27.7 Å². The van der Waals surface area contributed by atoms with Gasteiger partial charge >= 0.3 is 0 Å². The SMILES string of the molecule is COc1cc(C2=NCCO2)ccc1Br. The van der Waals surface area contributed by atoms with Crippen molar-refractivity contribution in [2.45, 2.75) is 0 Å². The molecule has 0 amide bonds. The molecule has 0 spiro atoms. The van der Waals surface area contributed by atoms with Crippen molar-refractivity contribution in [2.75, 3.05) is 20.3 Å². The molecule has 1 aliphatic rings. The van der Waals surface area contributed by atoms with E-state index < -0.39 is 0 Å². The lowest BCUT2D eigenvalue weighted by atomic mass is 10.2. The first-order valence-corrected chi connectivity index (χ1v) is 5.12. The van der Waals surface area contributed by atoms with Gasteiger partial charge in [-0.15, -0.1) is 0 Å². The summed E-state index contributed by atoms with van der Waals surface area (Å²) in [6, 6.07) is 5.80. The Labute approximate surface area is 90.9 Å². The molecule has 0 saturated heterocycles. The van der Waals surface area contributed by atoms with Crippen LogP contribution in [0.1, 0.15) is 5.56 Å². The summed E-state index contributed by atoms with van der Waals surface area (Å²) < 4.78 is 11.5. The second-order valence-electron chi connectivity index (χ2n) is 2.88. The summed E-state index contributed by atoms with van der Waals surface area (Å²) in [4.78, 5) is 4.23. The lowest BCUT2D eigenvalue weighted by molar-refractivity contribution is 0.348. The number of halogens is 1. The fraction of sp³-hybridized carbons (Fsp3) is 0.300. The lowest BCUT2D eigenvalue weighted by Gasteiger charge is -2.06. The maximum atomic E-state index is 5.36. The summed E-state index contributed by atoms with van der Waals surface area (Å²) in [6.07, 6.45) is 0. The first kappa shape index (κ1) is 9.52. The first-order valence-electron chi connectivity index (χ1n) is 4.32. The van der Waals surface area contributed by atoms with Gasteiger partial charge in [-0.05, 0) is 34.1 Å². The van der Waals surface area contributed by atoms with E-state index in [1.807, 2.05) is 18.2 Å². The molecule has 2 rings (SSSR count). The van der Waals surface area contributed by atoms with Gasteiger partial charge < -0.3 is 9.47 Å². The van der Waals surface area contributed by atoms with Crippen LogP contribution in [0.3, 0.4) is 0 Å². The van der Waals surface area contributed by atoms with E-state index in [1.54, 1.807) is 7.11 Å². The van der Waals surface area contributed by atoms with Gasteiger partial charge in [0.25, 0.3) is 0 Å². The molecule has 1 heterocycles. The van der Waals surface area contributed by atoms with Crippen molar-refractivity contribution in [3.05, 3.63) is 28.2 Å². The molecule has 1 aromatic carbocycles. The fourth-order valence-electron chi connectivity index (χ4n) is 1.30. The van der Waals surface area contributed by atoms with Gasteiger partial charge in [-0.25, -0.2) is 4.99 Å². The maximum absolute atomic E-state index is 5.36. The molecule has 0 fully saturated rings. The van der Waals surface area contributed by atoms with Gasteiger partial charge in [0.2, 0.25) is 5.90 Å². The molecule has 1 aliphatic heterocycles. The molecule has 0 atom stereocenters. The van der Waals surface area contributed by atoms with E-state index in [-0.39, 0.29) is 0 Å². The van der Waals surface area contributed by atoms with Crippen LogP contribution in [0, 0.1) is 0 Å². The average Bonchev–Trinajstić information content (AvgIpc) is 2.71. The summed E-state index contributed by atoms with van der Waals surface area (Å²) in [5.74, 6) is 1.50. The van der Waals surface area contributed by atoms with E-state index in [4.69, 9.17) is 9.47 Å². The zero-order valence-electron chi connectivity index (χ0n) is 7.79. The summed E-state index contributed by atoms with van der Waals surface area (Å²) in [5, 5.41) is 0. The Kier molecular flexibility index (Phi) is 2.72. The molecule has 0 saturated carbocycles. The standard InChI is InChI=1S/C10H10BrNO2/c1-13-9-6-7(2-3-8(9)11)10-12-4-5-14-10/h2-3,6H,4-5H2,1H3. The van der Waals surface area contributed by atoms with Gasteiger partial charge in [0, 0.05) is 5.56 Å². The number of hydrogen-bond donors (Lipinski definition) is 0. The largest absolute Gasteiger partial charge is 0.496 e. The number of benzene rings is 1. The molecule has 3 nitrogen and oxygen atoms in total. The highest BCUT2D eigenvalue weighted by atomic mass is 79.9. The Bertz CT molecular complexity index is 376. The normalized spacial score (nSPS) is 14.9. The minimum Gasteiger partial charge on any atom is -0.496 e. The van der Waals surface area contributed by atoms with Crippen LogP contribution < -0.4 is 4.74 Å².